The lowest BCUT2D eigenvalue weighted by Gasteiger charge is -2.31. The van der Waals surface area contributed by atoms with Crippen LogP contribution in [0, 0.1) is 0 Å². The molecule has 1 atom stereocenters. The van der Waals surface area contributed by atoms with Crippen LogP contribution >= 0.6 is 0 Å². The molecule has 0 aromatic rings. The molecule has 1 aliphatic rings. The maximum absolute atomic E-state index is 11.8. The van der Waals surface area contributed by atoms with Gasteiger partial charge in [-0.1, -0.05) is 0 Å². The van der Waals surface area contributed by atoms with Crippen LogP contribution in [0.15, 0.2) is 0 Å². The van der Waals surface area contributed by atoms with Crippen LogP contribution in [0.1, 0.15) is 6.92 Å². The molecule has 1 saturated heterocycles. The summed E-state index contributed by atoms with van der Waals surface area (Å²) in [5.74, 6) is 0. The van der Waals surface area contributed by atoms with Crippen LogP contribution in [0.25, 0.3) is 0 Å². The molecule has 0 aliphatic carbocycles. The standard InChI is InChI=1S/C9H19N3O2/c1-8(10)7-11(2)9(13)12-3-5-14-6-4-12/h8H,3-7,10H2,1-2H3. The quantitative estimate of drug-likeness (QED) is 0.668. The summed E-state index contributed by atoms with van der Waals surface area (Å²) in [5.41, 5.74) is 5.62. The first-order valence-corrected chi connectivity index (χ1v) is 4.94. The zero-order valence-electron chi connectivity index (χ0n) is 8.90. The van der Waals surface area contributed by atoms with E-state index in [-0.39, 0.29) is 12.1 Å². The lowest BCUT2D eigenvalue weighted by molar-refractivity contribution is 0.0450. The fourth-order valence-corrected chi connectivity index (χ4v) is 1.51. The van der Waals surface area contributed by atoms with Gasteiger partial charge in [0.1, 0.15) is 0 Å². The minimum Gasteiger partial charge on any atom is -0.378 e. The Bertz CT molecular complexity index is 190. The first-order chi connectivity index (χ1) is 6.61. The zero-order valence-corrected chi connectivity index (χ0v) is 8.90. The largest absolute Gasteiger partial charge is 0.378 e. The maximum Gasteiger partial charge on any atom is 0.319 e. The Labute approximate surface area is 84.8 Å². The Kier molecular flexibility index (Phi) is 4.16. The second kappa shape index (κ2) is 5.17. The lowest BCUT2D eigenvalue weighted by atomic mass is 10.3. The summed E-state index contributed by atoms with van der Waals surface area (Å²) < 4.78 is 5.17. The summed E-state index contributed by atoms with van der Waals surface area (Å²) in [7, 11) is 1.78. The van der Waals surface area contributed by atoms with Crippen molar-refractivity contribution < 1.29 is 9.53 Å². The number of nitrogens with two attached hydrogens (primary N) is 1. The fraction of sp³-hybridized carbons (Fsp3) is 0.889. The van der Waals surface area contributed by atoms with Crippen molar-refractivity contribution in [1.82, 2.24) is 9.80 Å². The molecule has 0 radical (unpaired) electrons. The molecule has 5 nitrogen and oxygen atoms in total. The third-order valence-corrected chi connectivity index (χ3v) is 2.17. The highest BCUT2D eigenvalue weighted by atomic mass is 16.5. The highest BCUT2D eigenvalue weighted by molar-refractivity contribution is 5.74. The summed E-state index contributed by atoms with van der Waals surface area (Å²) in [4.78, 5) is 15.2. The molecule has 2 N–H and O–H groups in total. The number of hydrogen-bond acceptors (Lipinski definition) is 3. The van der Waals surface area contributed by atoms with E-state index in [2.05, 4.69) is 0 Å². The van der Waals surface area contributed by atoms with Crippen molar-refractivity contribution in [1.29, 1.82) is 0 Å². The van der Waals surface area contributed by atoms with Gasteiger partial charge >= 0.3 is 6.03 Å². The Hall–Kier alpha value is -0.810. The molecule has 14 heavy (non-hydrogen) atoms. The van der Waals surface area contributed by atoms with Gasteiger partial charge in [-0.15, -0.1) is 0 Å². The summed E-state index contributed by atoms with van der Waals surface area (Å²) in [6.07, 6.45) is 0. The van der Waals surface area contributed by atoms with Gasteiger partial charge in [-0.05, 0) is 6.92 Å². The van der Waals surface area contributed by atoms with Gasteiger partial charge in [0, 0.05) is 32.7 Å². The van der Waals surface area contributed by atoms with Gasteiger partial charge in [0.05, 0.1) is 13.2 Å². The van der Waals surface area contributed by atoms with Gasteiger partial charge in [-0.3, -0.25) is 0 Å². The molecule has 82 valence electrons. The average molecular weight is 201 g/mol. The number of ether oxygens (including phenoxy) is 1. The first kappa shape index (κ1) is 11.3. The monoisotopic (exact) mass is 201 g/mol. The van der Waals surface area contributed by atoms with Crippen LogP contribution in [0.5, 0.6) is 0 Å². The number of hydrogen-bond donors (Lipinski definition) is 1. The van der Waals surface area contributed by atoms with E-state index in [0.717, 1.165) is 0 Å². The molecule has 5 heteroatoms. The minimum absolute atomic E-state index is 0.0185. The van der Waals surface area contributed by atoms with Crippen molar-refractivity contribution >= 4 is 6.03 Å². The van der Waals surface area contributed by atoms with E-state index in [1.165, 1.54) is 0 Å². The maximum atomic E-state index is 11.8. The van der Waals surface area contributed by atoms with Gasteiger partial charge in [0.2, 0.25) is 0 Å². The molecule has 2 amide bonds. The highest BCUT2D eigenvalue weighted by Gasteiger charge is 2.20. The van der Waals surface area contributed by atoms with Gasteiger partial charge < -0.3 is 20.3 Å². The predicted molar refractivity (Wildman–Crippen MR) is 54.1 cm³/mol. The van der Waals surface area contributed by atoms with Crippen molar-refractivity contribution in [3.63, 3.8) is 0 Å². The number of morpholine rings is 1. The molecule has 0 aromatic carbocycles. The van der Waals surface area contributed by atoms with Gasteiger partial charge in [-0.25, -0.2) is 4.79 Å². The number of carbonyl (C=O) groups is 1. The van der Waals surface area contributed by atoms with Crippen molar-refractivity contribution in [3.8, 4) is 0 Å². The Morgan fingerprint density at radius 2 is 2.14 bits per heavy atom. The Morgan fingerprint density at radius 3 is 2.64 bits per heavy atom. The van der Waals surface area contributed by atoms with Crippen LogP contribution in [0.4, 0.5) is 4.79 Å². The van der Waals surface area contributed by atoms with Crippen molar-refractivity contribution in [3.05, 3.63) is 0 Å². The van der Waals surface area contributed by atoms with E-state index in [4.69, 9.17) is 10.5 Å². The SMILES string of the molecule is CC(N)CN(C)C(=O)N1CCOCC1. The van der Waals surface area contributed by atoms with E-state index in [1.807, 2.05) is 6.92 Å². The van der Waals surface area contributed by atoms with E-state index < -0.39 is 0 Å². The molecule has 0 spiro atoms. The Balaban J connectivity index is 2.38. The first-order valence-electron chi connectivity index (χ1n) is 4.94. The van der Waals surface area contributed by atoms with Crippen molar-refractivity contribution in [2.24, 2.45) is 5.73 Å². The van der Waals surface area contributed by atoms with E-state index in [9.17, 15) is 4.79 Å². The summed E-state index contributed by atoms with van der Waals surface area (Å²) in [6, 6.07) is 0.0654. The summed E-state index contributed by atoms with van der Waals surface area (Å²) in [6.45, 7) is 5.12. The molecule has 0 bridgehead atoms. The minimum atomic E-state index is 0.0185. The Morgan fingerprint density at radius 1 is 1.57 bits per heavy atom. The van der Waals surface area contributed by atoms with Crippen LogP contribution in [-0.2, 0) is 4.74 Å². The predicted octanol–water partition coefficient (Wildman–Crippen LogP) is -0.282. The van der Waals surface area contributed by atoms with Gasteiger partial charge in [0.15, 0.2) is 0 Å². The summed E-state index contributed by atoms with van der Waals surface area (Å²) >= 11 is 0. The van der Waals surface area contributed by atoms with Gasteiger partial charge in [-0.2, -0.15) is 0 Å². The van der Waals surface area contributed by atoms with Crippen molar-refractivity contribution in [2.75, 3.05) is 39.9 Å². The van der Waals surface area contributed by atoms with Crippen molar-refractivity contribution in [2.45, 2.75) is 13.0 Å². The average Bonchev–Trinajstić information content (AvgIpc) is 2.17. The molecular formula is C9H19N3O2. The topological polar surface area (TPSA) is 58.8 Å². The number of urea groups is 1. The van der Waals surface area contributed by atoms with E-state index >= 15 is 0 Å². The molecule has 1 unspecified atom stereocenters. The number of nitrogens with zero attached hydrogens (tertiary/aromatic N) is 2. The molecule has 1 aliphatic heterocycles. The highest BCUT2D eigenvalue weighted by Crippen LogP contribution is 2.01. The van der Waals surface area contributed by atoms with E-state index in [0.29, 0.717) is 32.8 Å². The smallest absolute Gasteiger partial charge is 0.319 e. The molecule has 1 heterocycles. The number of amides is 2. The second-order valence-electron chi connectivity index (χ2n) is 3.74. The molecule has 1 rings (SSSR count). The number of rotatable bonds is 2. The summed E-state index contributed by atoms with van der Waals surface area (Å²) in [5, 5.41) is 0. The lowest BCUT2D eigenvalue weighted by Crippen LogP contribution is -2.49. The van der Waals surface area contributed by atoms with E-state index in [1.54, 1.807) is 16.8 Å². The number of likely N-dealkylation sites (N-methyl/N-ethyl adjacent to an activating group) is 1. The fourth-order valence-electron chi connectivity index (χ4n) is 1.51. The van der Waals surface area contributed by atoms with Crippen LogP contribution in [0.2, 0.25) is 0 Å². The second-order valence-corrected chi connectivity index (χ2v) is 3.74. The molecule has 1 fully saturated rings. The van der Waals surface area contributed by atoms with Gasteiger partial charge in [0.25, 0.3) is 0 Å². The zero-order chi connectivity index (χ0) is 10.6. The molecule has 0 aromatic heterocycles. The normalized spacial score (nSPS) is 19.2. The molecule has 0 saturated carbocycles. The third kappa shape index (κ3) is 3.16. The number of carbonyl (C=O) groups excluding carboxylic acids is 1. The van der Waals surface area contributed by atoms with Crippen LogP contribution < -0.4 is 5.73 Å². The van der Waals surface area contributed by atoms with Crippen LogP contribution in [0.3, 0.4) is 0 Å². The molecular weight excluding hydrogens is 182 g/mol. The third-order valence-electron chi connectivity index (χ3n) is 2.17. The van der Waals surface area contributed by atoms with Crippen LogP contribution in [-0.4, -0.2) is 61.8 Å².